The quantitative estimate of drug-likeness (QED) is 0.902. The minimum atomic E-state index is 0. The minimum Gasteiger partial charge on any atom is -0.317 e. The van der Waals surface area contributed by atoms with E-state index in [4.69, 9.17) is 0 Å². The first-order valence-corrected chi connectivity index (χ1v) is 6.54. The van der Waals surface area contributed by atoms with Crippen molar-refractivity contribution in [3.05, 3.63) is 17.0 Å². The summed E-state index contributed by atoms with van der Waals surface area (Å²) in [6.07, 6.45) is 3.64. The third-order valence-electron chi connectivity index (χ3n) is 3.66. The summed E-state index contributed by atoms with van der Waals surface area (Å²) in [6, 6.07) is 0. The lowest BCUT2D eigenvalue weighted by molar-refractivity contribution is 0.456. The first kappa shape index (κ1) is 14.5. The highest BCUT2D eigenvalue weighted by Crippen LogP contribution is 2.30. The molecule has 2 rings (SSSR count). The molecule has 0 amide bonds. The maximum absolute atomic E-state index is 4.67. The molecule has 0 atom stereocenters. The monoisotopic (exact) mass is 257 g/mol. The molecule has 0 saturated carbocycles. The van der Waals surface area contributed by atoms with Crippen molar-refractivity contribution in [1.82, 2.24) is 15.1 Å². The summed E-state index contributed by atoms with van der Waals surface area (Å²) >= 11 is 0. The average molecular weight is 258 g/mol. The maximum Gasteiger partial charge on any atom is 0.0631 e. The van der Waals surface area contributed by atoms with E-state index in [-0.39, 0.29) is 12.4 Å². The van der Waals surface area contributed by atoms with Crippen molar-refractivity contribution in [3.63, 3.8) is 0 Å². The van der Waals surface area contributed by atoms with Crippen LogP contribution in [0.4, 0.5) is 0 Å². The Morgan fingerprint density at radius 1 is 1.29 bits per heavy atom. The van der Waals surface area contributed by atoms with Gasteiger partial charge in [0.2, 0.25) is 0 Å². The number of nitrogens with one attached hydrogen (secondary N) is 1. The molecule has 1 aliphatic rings. The fourth-order valence-electron chi connectivity index (χ4n) is 2.92. The number of hydrogen-bond donors (Lipinski definition) is 1. The van der Waals surface area contributed by atoms with Gasteiger partial charge in [-0.25, -0.2) is 0 Å². The Labute approximate surface area is 110 Å². The van der Waals surface area contributed by atoms with E-state index in [1.54, 1.807) is 5.56 Å². The van der Waals surface area contributed by atoms with Gasteiger partial charge in [-0.15, -0.1) is 12.4 Å². The summed E-state index contributed by atoms with van der Waals surface area (Å²) in [4.78, 5) is 0. The van der Waals surface area contributed by atoms with Crippen molar-refractivity contribution in [3.8, 4) is 0 Å². The molecule has 0 bridgehead atoms. The molecule has 3 nitrogen and oxygen atoms in total. The maximum atomic E-state index is 4.67. The van der Waals surface area contributed by atoms with Crippen LogP contribution < -0.4 is 5.32 Å². The number of nitrogens with zero attached hydrogens (tertiary/aromatic N) is 2. The zero-order valence-corrected chi connectivity index (χ0v) is 11.9. The van der Waals surface area contributed by atoms with E-state index in [0.717, 1.165) is 32.0 Å². The van der Waals surface area contributed by atoms with Crippen molar-refractivity contribution in [2.24, 2.45) is 0 Å². The van der Waals surface area contributed by atoms with Gasteiger partial charge in [0.15, 0.2) is 0 Å². The lowest BCUT2D eigenvalue weighted by atomic mass is 9.88. The van der Waals surface area contributed by atoms with Crippen LogP contribution in [-0.2, 0) is 13.0 Å². The van der Waals surface area contributed by atoms with E-state index in [0.29, 0.717) is 0 Å². The summed E-state index contributed by atoms with van der Waals surface area (Å²) in [7, 11) is 0. The van der Waals surface area contributed by atoms with Crippen molar-refractivity contribution in [1.29, 1.82) is 0 Å². The molecule has 0 spiro atoms. The van der Waals surface area contributed by atoms with Gasteiger partial charge >= 0.3 is 0 Å². The van der Waals surface area contributed by atoms with Gasteiger partial charge in [-0.05, 0) is 57.7 Å². The third-order valence-corrected chi connectivity index (χ3v) is 3.66. The van der Waals surface area contributed by atoms with E-state index in [1.165, 1.54) is 24.2 Å². The lowest BCUT2D eigenvalue weighted by Crippen LogP contribution is -2.27. The van der Waals surface area contributed by atoms with Gasteiger partial charge < -0.3 is 5.32 Å². The molecule has 1 N–H and O–H groups in total. The molecule has 0 aliphatic carbocycles. The zero-order valence-electron chi connectivity index (χ0n) is 11.1. The Bertz CT molecular complexity index is 354. The fraction of sp³-hybridized carbons (Fsp3) is 0.769. The van der Waals surface area contributed by atoms with Gasteiger partial charge in [0.1, 0.15) is 0 Å². The topological polar surface area (TPSA) is 29.9 Å². The van der Waals surface area contributed by atoms with Crippen molar-refractivity contribution < 1.29 is 0 Å². The van der Waals surface area contributed by atoms with E-state index in [2.05, 4.69) is 35.9 Å². The molecule has 2 heterocycles. The van der Waals surface area contributed by atoms with Crippen LogP contribution >= 0.6 is 12.4 Å². The highest BCUT2D eigenvalue weighted by atomic mass is 35.5. The number of piperidine rings is 1. The Kier molecular flexibility index (Phi) is 5.47. The molecule has 1 fully saturated rings. The number of aryl methyl sites for hydroxylation is 2. The van der Waals surface area contributed by atoms with Gasteiger partial charge in [0, 0.05) is 12.2 Å². The standard InChI is InChI=1S/C13H23N3.ClH/c1-4-12-13(10(3)15-16(12)5-2)11-6-8-14-9-7-11;/h11,14H,4-9H2,1-3H3;1H. The van der Waals surface area contributed by atoms with Gasteiger partial charge in [0.25, 0.3) is 0 Å². The van der Waals surface area contributed by atoms with Crippen LogP contribution in [-0.4, -0.2) is 22.9 Å². The van der Waals surface area contributed by atoms with E-state index in [1.807, 2.05) is 0 Å². The predicted octanol–water partition coefficient (Wildman–Crippen LogP) is 2.66. The predicted molar refractivity (Wildman–Crippen MR) is 74.1 cm³/mol. The second kappa shape index (κ2) is 6.41. The number of rotatable bonds is 3. The van der Waals surface area contributed by atoms with Crippen molar-refractivity contribution in [2.45, 2.75) is 52.5 Å². The van der Waals surface area contributed by atoms with Gasteiger partial charge in [-0.1, -0.05) is 6.92 Å². The summed E-state index contributed by atoms with van der Waals surface area (Å²) in [5.74, 6) is 0.733. The molecule has 4 heteroatoms. The molecule has 1 saturated heterocycles. The van der Waals surface area contributed by atoms with Crippen LogP contribution in [0.1, 0.15) is 49.6 Å². The molecule has 98 valence electrons. The first-order valence-electron chi connectivity index (χ1n) is 6.54. The molecular formula is C13H24ClN3. The Morgan fingerprint density at radius 2 is 1.94 bits per heavy atom. The highest BCUT2D eigenvalue weighted by molar-refractivity contribution is 5.85. The van der Waals surface area contributed by atoms with Crippen LogP contribution in [0.2, 0.25) is 0 Å². The molecule has 0 unspecified atom stereocenters. The molecule has 0 radical (unpaired) electrons. The fourth-order valence-corrected chi connectivity index (χ4v) is 2.92. The van der Waals surface area contributed by atoms with Crippen LogP contribution in [0.5, 0.6) is 0 Å². The normalized spacial score (nSPS) is 16.9. The van der Waals surface area contributed by atoms with Crippen LogP contribution in [0.25, 0.3) is 0 Å². The summed E-state index contributed by atoms with van der Waals surface area (Å²) < 4.78 is 2.19. The summed E-state index contributed by atoms with van der Waals surface area (Å²) in [5, 5.41) is 8.11. The van der Waals surface area contributed by atoms with Crippen LogP contribution in [0, 0.1) is 6.92 Å². The second-order valence-electron chi connectivity index (χ2n) is 4.64. The van der Waals surface area contributed by atoms with Gasteiger partial charge in [-0.3, -0.25) is 4.68 Å². The molecule has 1 aliphatic heterocycles. The number of aromatic nitrogens is 2. The van der Waals surface area contributed by atoms with Crippen molar-refractivity contribution in [2.75, 3.05) is 13.1 Å². The lowest BCUT2D eigenvalue weighted by Gasteiger charge is -2.23. The van der Waals surface area contributed by atoms with Gasteiger partial charge in [0.05, 0.1) is 5.69 Å². The Balaban J connectivity index is 0.00000144. The molecule has 0 aromatic carbocycles. The van der Waals surface area contributed by atoms with Crippen molar-refractivity contribution >= 4 is 12.4 Å². The SMILES string of the molecule is CCc1c(C2CCNCC2)c(C)nn1CC.Cl. The van der Waals surface area contributed by atoms with E-state index < -0.39 is 0 Å². The smallest absolute Gasteiger partial charge is 0.0631 e. The molecule has 1 aromatic heterocycles. The minimum absolute atomic E-state index is 0. The summed E-state index contributed by atoms with van der Waals surface area (Å²) in [5.41, 5.74) is 4.27. The zero-order chi connectivity index (χ0) is 11.5. The molecular weight excluding hydrogens is 234 g/mol. The van der Waals surface area contributed by atoms with E-state index in [9.17, 15) is 0 Å². The Morgan fingerprint density at radius 3 is 2.47 bits per heavy atom. The average Bonchev–Trinajstić information content (AvgIpc) is 2.66. The summed E-state index contributed by atoms with van der Waals surface area (Å²) in [6.45, 7) is 9.90. The second-order valence-corrected chi connectivity index (χ2v) is 4.64. The molecule has 1 aromatic rings. The number of hydrogen-bond acceptors (Lipinski definition) is 2. The first-order chi connectivity index (χ1) is 7.77. The third kappa shape index (κ3) is 2.83. The van der Waals surface area contributed by atoms with E-state index >= 15 is 0 Å². The highest BCUT2D eigenvalue weighted by Gasteiger charge is 2.23. The van der Waals surface area contributed by atoms with Crippen LogP contribution in [0.3, 0.4) is 0 Å². The van der Waals surface area contributed by atoms with Crippen LogP contribution in [0.15, 0.2) is 0 Å². The Hall–Kier alpha value is -0.540. The largest absolute Gasteiger partial charge is 0.317 e. The van der Waals surface area contributed by atoms with Gasteiger partial charge in [-0.2, -0.15) is 5.10 Å². The number of halogens is 1. The molecule has 17 heavy (non-hydrogen) atoms.